The van der Waals surface area contributed by atoms with Crippen LogP contribution < -0.4 is 0 Å². The Bertz CT molecular complexity index is 503. The smallest absolute Gasteiger partial charge is 0.409 e. The summed E-state index contributed by atoms with van der Waals surface area (Å²) in [6.07, 6.45) is -3.40. The monoisotopic (exact) mass is 340 g/mol. The highest BCUT2D eigenvalue weighted by Gasteiger charge is 2.23. The van der Waals surface area contributed by atoms with Gasteiger partial charge in [-0.1, -0.05) is 6.58 Å². The summed E-state index contributed by atoms with van der Waals surface area (Å²) >= 11 is 4.10. The van der Waals surface area contributed by atoms with Crippen LogP contribution in [0.25, 0.3) is 10.6 Å². The molecule has 1 rings (SSSR count). The maximum atomic E-state index is 12.1. The van der Waals surface area contributed by atoms with Gasteiger partial charge in [-0.2, -0.15) is 13.2 Å². The molecule has 98 valence electrons. The highest BCUT2D eigenvalue weighted by atomic mass is 79.9. The first-order valence-corrected chi connectivity index (χ1v) is 6.18. The number of thiophene rings is 1. The maximum Gasteiger partial charge on any atom is 0.409 e. The third-order valence-electron chi connectivity index (χ3n) is 1.85. The molecule has 0 fully saturated rings. The van der Waals surface area contributed by atoms with E-state index in [4.69, 9.17) is 0 Å². The van der Waals surface area contributed by atoms with Gasteiger partial charge in [-0.25, -0.2) is 4.79 Å². The van der Waals surface area contributed by atoms with E-state index in [0.717, 1.165) is 17.4 Å². The molecule has 0 unspecified atom stereocenters. The zero-order valence-corrected chi connectivity index (χ0v) is 11.6. The zero-order valence-electron chi connectivity index (χ0n) is 9.18. The summed E-state index contributed by atoms with van der Waals surface area (Å²) in [5.41, 5.74) is 0.264. The molecule has 0 atom stereocenters. The van der Waals surface area contributed by atoms with Gasteiger partial charge in [0.2, 0.25) is 0 Å². The molecule has 18 heavy (non-hydrogen) atoms. The van der Waals surface area contributed by atoms with Crippen LogP contribution in [0.15, 0.2) is 18.7 Å². The number of esters is 1. The van der Waals surface area contributed by atoms with Crippen molar-refractivity contribution in [3.8, 4) is 0 Å². The van der Waals surface area contributed by atoms with E-state index in [1.54, 1.807) is 0 Å². The van der Waals surface area contributed by atoms with Crippen molar-refractivity contribution in [2.24, 2.45) is 0 Å². The minimum Gasteiger partial charge on any atom is -0.465 e. The second-order valence-electron chi connectivity index (χ2n) is 3.17. The molecule has 0 radical (unpaired) electrons. The van der Waals surface area contributed by atoms with Gasteiger partial charge in [0.25, 0.3) is 0 Å². The normalized spacial score (nSPS) is 11.8. The number of carbonyl (C=O) groups is 1. The molecule has 1 aromatic rings. The Morgan fingerprint density at radius 1 is 1.56 bits per heavy atom. The molecule has 0 bridgehead atoms. The highest BCUT2D eigenvalue weighted by Crippen LogP contribution is 2.33. The summed E-state index contributed by atoms with van der Waals surface area (Å²) in [6.45, 7) is 3.59. The number of carbonyl (C=O) groups excluding carboxylic acids is 1. The lowest BCUT2D eigenvalue weighted by atomic mass is 10.2. The molecule has 0 aliphatic heterocycles. The molecule has 0 aromatic carbocycles. The summed E-state index contributed by atoms with van der Waals surface area (Å²) < 4.78 is 41.2. The van der Waals surface area contributed by atoms with E-state index in [0.29, 0.717) is 9.36 Å². The van der Waals surface area contributed by atoms with Gasteiger partial charge in [-0.3, -0.25) is 0 Å². The summed E-state index contributed by atoms with van der Waals surface area (Å²) in [4.78, 5) is 12.0. The minimum absolute atomic E-state index is 0.107. The second-order valence-corrected chi connectivity index (χ2v) is 5.18. The molecule has 0 N–H and O–H groups in total. The Hall–Kier alpha value is -1.08. The van der Waals surface area contributed by atoms with Crippen LogP contribution in [0.3, 0.4) is 0 Å². The molecule has 0 saturated carbocycles. The number of halogens is 4. The number of rotatable bonds is 3. The first kappa shape index (κ1) is 15.0. The van der Waals surface area contributed by atoms with Gasteiger partial charge in [0, 0.05) is 15.4 Å². The average Bonchev–Trinajstić information content (AvgIpc) is 2.68. The fourth-order valence-electron chi connectivity index (χ4n) is 1.13. The van der Waals surface area contributed by atoms with Crippen molar-refractivity contribution in [3.05, 3.63) is 34.0 Å². The van der Waals surface area contributed by atoms with Crippen LogP contribution in [0, 0.1) is 0 Å². The first-order chi connectivity index (χ1) is 8.24. The highest BCUT2D eigenvalue weighted by molar-refractivity contribution is 9.15. The molecular formula is C11H8BrF3O2S. The van der Waals surface area contributed by atoms with Crippen molar-refractivity contribution in [2.75, 3.05) is 7.11 Å². The predicted octanol–water partition coefficient (Wildman–Crippen LogP) is 4.48. The fourth-order valence-corrected chi connectivity index (χ4v) is 2.53. The van der Waals surface area contributed by atoms with Crippen molar-refractivity contribution in [1.29, 1.82) is 0 Å². The van der Waals surface area contributed by atoms with Gasteiger partial charge in [0.05, 0.1) is 7.11 Å². The van der Waals surface area contributed by atoms with Gasteiger partial charge in [-0.15, -0.1) is 11.3 Å². The number of methoxy groups -OCH3 is 1. The van der Waals surface area contributed by atoms with E-state index in [1.807, 2.05) is 0 Å². The molecule has 2 nitrogen and oxygen atoms in total. The zero-order chi connectivity index (χ0) is 13.9. The Labute approximate surface area is 114 Å². The van der Waals surface area contributed by atoms with E-state index < -0.39 is 12.1 Å². The molecule has 0 aliphatic carbocycles. The molecule has 1 aromatic heterocycles. The Kier molecular flexibility index (Phi) is 4.75. The molecular weight excluding hydrogens is 333 g/mol. The Balaban J connectivity index is 3.17. The SMILES string of the molecule is C=C(Br)c1sc(C(=O)OC)cc1/C=C/C(F)(F)F. The van der Waals surface area contributed by atoms with E-state index in [9.17, 15) is 18.0 Å². The van der Waals surface area contributed by atoms with E-state index >= 15 is 0 Å². The van der Waals surface area contributed by atoms with Crippen LogP contribution in [-0.2, 0) is 4.74 Å². The molecule has 0 spiro atoms. The van der Waals surface area contributed by atoms with E-state index in [-0.39, 0.29) is 16.5 Å². The summed E-state index contributed by atoms with van der Waals surface area (Å²) in [5, 5.41) is 0. The lowest BCUT2D eigenvalue weighted by Gasteiger charge is -1.98. The van der Waals surface area contributed by atoms with Crippen LogP contribution in [0.4, 0.5) is 13.2 Å². The Morgan fingerprint density at radius 3 is 2.61 bits per heavy atom. The fraction of sp³-hybridized carbons (Fsp3) is 0.182. The summed E-state index contributed by atoms with van der Waals surface area (Å²) in [5.74, 6) is -0.596. The third-order valence-corrected chi connectivity index (χ3v) is 3.70. The minimum atomic E-state index is -4.40. The molecule has 1 heterocycles. The van der Waals surface area contributed by atoms with Crippen LogP contribution in [-0.4, -0.2) is 19.3 Å². The number of hydrogen-bond donors (Lipinski definition) is 0. The van der Waals surface area contributed by atoms with E-state index in [1.165, 1.54) is 13.2 Å². The van der Waals surface area contributed by atoms with Crippen LogP contribution >= 0.6 is 27.3 Å². The van der Waals surface area contributed by atoms with Crippen LogP contribution in [0.1, 0.15) is 20.1 Å². The standard InChI is InChI=1S/C11H8BrF3O2S/c1-6(12)9-7(3-4-11(13,14)15)5-8(18-9)10(16)17-2/h3-5H,1H2,2H3/b4-3+. The molecule has 0 amide bonds. The van der Waals surface area contributed by atoms with Crippen molar-refractivity contribution >= 4 is 43.8 Å². The Morgan fingerprint density at radius 2 is 2.17 bits per heavy atom. The number of alkyl halides is 3. The van der Waals surface area contributed by atoms with Crippen molar-refractivity contribution in [3.63, 3.8) is 0 Å². The van der Waals surface area contributed by atoms with Gasteiger partial charge in [0.15, 0.2) is 0 Å². The van der Waals surface area contributed by atoms with E-state index in [2.05, 4.69) is 27.2 Å². The molecule has 0 saturated heterocycles. The second kappa shape index (κ2) is 5.71. The van der Waals surface area contributed by atoms with Crippen LogP contribution in [0.5, 0.6) is 0 Å². The molecule has 7 heteroatoms. The average molecular weight is 341 g/mol. The van der Waals surface area contributed by atoms with Gasteiger partial charge in [-0.05, 0) is 33.6 Å². The quantitative estimate of drug-likeness (QED) is 0.758. The van der Waals surface area contributed by atoms with Crippen molar-refractivity contribution in [1.82, 2.24) is 0 Å². The van der Waals surface area contributed by atoms with Crippen LogP contribution in [0.2, 0.25) is 0 Å². The summed E-state index contributed by atoms with van der Waals surface area (Å²) in [6, 6.07) is 1.33. The number of hydrogen-bond acceptors (Lipinski definition) is 3. The van der Waals surface area contributed by atoms with Gasteiger partial charge >= 0.3 is 12.1 Å². The number of ether oxygens (including phenoxy) is 1. The largest absolute Gasteiger partial charge is 0.465 e. The lowest BCUT2D eigenvalue weighted by Crippen LogP contribution is -2.00. The lowest BCUT2D eigenvalue weighted by molar-refractivity contribution is -0.0790. The van der Waals surface area contributed by atoms with Gasteiger partial charge in [0.1, 0.15) is 4.88 Å². The third kappa shape index (κ3) is 3.99. The van der Waals surface area contributed by atoms with Gasteiger partial charge < -0.3 is 4.74 Å². The number of allylic oxidation sites excluding steroid dienone is 1. The topological polar surface area (TPSA) is 26.3 Å². The summed E-state index contributed by atoms with van der Waals surface area (Å²) in [7, 11) is 1.20. The predicted molar refractivity (Wildman–Crippen MR) is 68.7 cm³/mol. The van der Waals surface area contributed by atoms with Crippen molar-refractivity contribution in [2.45, 2.75) is 6.18 Å². The maximum absolute atomic E-state index is 12.1. The van der Waals surface area contributed by atoms with Crippen molar-refractivity contribution < 1.29 is 22.7 Å². The first-order valence-electron chi connectivity index (χ1n) is 4.57. The molecule has 0 aliphatic rings.